The maximum absolute atomic E-state index is 13.0. The lowest BCUT2D eigenvalue weighted by atomic mass is 10.2. The second kappa shape index (κ2) is 7.19. The fourth-order valence-corrected chi connectivity index (χ4v) is 2.95. The lowest BCUT2D eigenvalue weighted by molar-refractivity contribution is 0.101. The molecule has 0 aliphatic carbocycles. The van der Waals surface area contributed by atoms with E-state index in [0.717, 1.165) is 11.1 Å². The number of carbonyl (C=O) groups is 1. The molecule has 0 saturated carbocycles. The van der Waals surface area contributed by atoms with Crippen LogP contribution in [0.5, 0.6) is 0 Å². The molecule has 0 fully saturated rings. The molecule has 0 aliphatic rings. The Morgan fingerprint density at radius 2 is 1.12 bits per heavy atom. The minimum atomic E-state index is -0.174. The summed E-state index contributed by atoms with van der Waals surface area (Å²) in [5.74, 6) is 0.621. The average molecular weight is 342 g/mol. The number of hydrogen-bond acceptors (Lipinski definition) is 3. The highest BCUT2D eigenvalue weighted by Crippen LogP contribution is 2.12. The molecule has 0 radical (unpaired) electrons. The van der Waals surface area contributed by atoms with Gasteiger partial charge < -0.3 is 9.13 Å². The molecule has 0 N–H and O–H groups in total. The highest BCUT2D eigenvalue weighted by Gasteiger charge is 2.20. The Morgan fingerprint density at radius 3 is 1.54 bits per heavy atom. The van der Waals surface area contributed by atoms with E-state index in [1.165, 1.54) is 0 Å². The first-order valence-corrected chi connectivity index (χ1v) is 8.46. The van der Waals surface area contributed by atoms with Crippen molar-refractivity contribution in [2.45, 2.75) is 13.1 Å². The summed E-state index contributed by atoms with van der Waals surface area (Å²) in [6, 6.07) is 20.0. The minimum absolute atomic E-state index is 0.174. The van der Waals surface area contributed by atoms with Crippen LogP contribution in [-0.4, -0.2) is 24.9 Å². The molecule has 2 aromatic heterocycles. The molecule has 4 rings (SSSR count). The summed E-state index contributed by atoms with van der Waals surface area (Å²) in [4.78, 5) is 21.6. The van der Waals surface area contributed by atoms with Gasteiger partial charge in [-0.2, -0.15) is 0 Å². The summed E-state index contributed by atoms with van der Waals surface area (Å²) in [6.45, 7) is 1.20. The van der Waals surface area contributed by atoms with Crippen LogP contribution < -0.4 is 0 Å². The fraction of sp³-hybridized carbons (Fsp3) is 0.0952. The van der Waals surface area contributed by atoms with E-state index in [1.807, 2.05) is 82.2 Å². The van der Waals surface area contributed by atoms with Crippen LogP contribution in [0.3, 0.4) is 0 Å². The number of rotatable bonds is 6. The number of aromatic nitrogens is 4. The Balaban J connectivity index is 1.60. The van der Waals surface area contributed by atoms with Gasteiger partial charge >= 0.3 is 0 Å². The third-order valence-corrected chi connectivity index (χ3v) is 4.23. The predicted octanol–water partition coefficient (Wildman–Crippen LogP) is 3.41. The largest absolute Gasteiger partial charge is 0.324 e. The quantitative estimate of drug-likeness (QED) is 0.505. The van der Waals surface area contributed by atoms with Crippen molar-refractivity contribution in [1.29, 1.82) is 0 Å². The predicted molar refractivity (Wildman–Crippen MR) is 99.0 cm³/mol. The number of ketones is 1. The van der Waals surface area contributed by atoms with E-state index in [2.05, 4.69) is 9.97 Å². The molecule has 5 heteroatoms. The minimum Gasteiger partial charge on any atom is -0.324 e. The first-order valence-electron chi connectivity index (χ1n) is 8.46. The smallest absolute Gasteiger partial charge is 0.263 e. The van der Waals surface area contributed by atoms with Gasteiger partial charge in [0, 0.05) is 37.9 Å². The molecule has 4 aromatic rings. The van der Waals surface area contributed by atoms with E-state index in [1.54, 1.807) is 12.4 Å². The molecule has 0 saturated heterocycles. The number of imidazole rings is 2. The van der Waals surface area contributed by atoms with Gasteiger partial charge in [-0.25, -0.2) is 9.97 Å². The number of hydrogen-bond donors (Lipinski definition) is 0. The third kappa shape index (κ3) is 3.32. The van der Waals surface area contributed by atoms with Crippen LogP contribution in [0.15, 0.2) is 85.5 Å². The van der Waals surface area contributed by atoms with Crippen LogP contribution in [0.25, 0.3) is 0 Å². The van der Waals surface area contributed by atoms with Gasteiger partial charge in [-0.15, -0.1) is 0 Å². The maximum atomic E-state index is 13.0. The van der Waals surface area contributed by atoms with E-state index in [-0.39, 0.29) is 5.78 Å². The molecule has 0 aliphatic heterocycles. The van der Waals surface area contributed by atoms with Crippen molar-refractivity contribution in [1.82, 2.24) is 19.1 Å². The van der Waals surface area contributed by atoms with Gasteiger partial charge in [0.25, 0.3) is 5.78 Å². The Morgan fingerprint density at radius 1 is 0.692 bits per heavy atom. The van der Waals surface area contributed by atoms with Crippen LogP contribution in [-0.2, 0) is 13.1 Å². The second-order valence-corrected chi connectivity index (χ2v) is 6.06. The normalized spacial score (nSPS) is 10.8. The van der Waals surface area contributed by atoms with E-state index in [4.69, 9.17) is 0 Å². The van der Waals surface area contributed by atoms with Gasteiger partial charge in [-0.05, 0) is 11.1 Å². The lowest BCUT2D eigenvalue weighted by Crippen LogP contribution is -2.17. The monoisotopic (exact) mass is 342 g/mol. The van der Waals surface area contributed by atoms with Crippen molar-refractivity contribution < 1.29 is 4.79 Å². The summed E-state index contributed by atoms with van der Waals surface area (Å²) in [5, 5.41) is 0. The van der Waals surface area contributed by atoms with Gasteiger partial charge in [0.2, 0.25) is 0 Å². The molecule has 0 atom stereocenters. The zero-order valence-electron chi connectivity index (χ0n) is 14.2. The third-order valence-electron chi connectivity index (χ3n) is 4.23. The molecule has 128 valence electrons. The van der Waals surface area contributed by atoms with Crippen molar-refractivity contribution in [3.8, 4) is 0 Å². The zero-order chi connectivity index (χ0) is 17.8. The summed E-state index contributed by atoms with van der Waals surface area (Å²) in [5.41, 5.74) is 2.24. The molecular formula is C21H18N4O. The number of carbonyl (C=O) groups excluding carboxylic acids is 1. The first kappa shape index (κ1) is 16.0. The highest BCUT2D eigenvalue weighted by atomic mass is 16.1. The van der Waals surface area contributed by atoms with Gasteiger partial charge in [0.1, 0.15) is 0 Å². The van der Waals surface area contributed by atoms with Crippen molar-refractivity contribution in [2.75, 3.05) is 0 Å². The molecule has 0 bridgehead atoms. The topological polar surface area (TPSA) is 52.7 Å². The molecular weight excluding hydrogens is 324 g/mol. The zero-order valence-corrected chi connectivity index (χ0v) is 14.2. The van der Waals surface area contributed by atoms with Crippen molar-refractivity contribution in [2.24, 2.45) is 0 Å². The van der Waals surface area contributed by atoms with Gasteiger partial charge in [0.05, 0.1) is 0 Å². The highest BCUT2D eigenvalue weighted by molar-refractivity contribution is 6.04. The molecule has 2 heterocycles. The molecule has 0 spiro atoms. The lowest BCUT2D eigenvalue weighted by Gasteiger charge is -2.09. The first-order chi connectivity index (χ1) is 12.8. The fourth-order valence-electron chi connectivity index (χ4n) is 2.95. The Hall–Kier alpha value is -3.47. The molecule has 26 heavy (non-hydrogen) atoms. The van der Waals surface area contributed by atoms with E-state index >= 15 is 0 Å². The van der Waals surface area contributed by atoms with Crippen molar-refractivity contribution in [3.63, 3.8) is 0 Å². The van der Waals surface area contributed by atoms with Crippen LogP contribution in [0.1, 0.15) is 27.6 Å². The average Bonchev–Trinajstić information content (AvgIpc) is 3.32. The van der Waals surface area contributed by atoms with Crippen molar-refractivity contribution in [3.05, 3.63) is 108 Å². The van der Waals surface area contributed by atoms with E-state index < -0.39 is 0 Å². The van der Waals surface area contributed by atoms with Crippen LogP contribution >= 0.6 is 0 Å². The van der Waals surface area contributed by atoms with Gasteiger partial charge in [-0.3, -0.25) is 4.79 Å². The SMILES string of the molecule is O=C(c1nccn1Cc1ccccc1)c1nccn1Cc1ccccc1. The Kier molecular flexibility index (Phi) is 4.43. The molecule has 5 nitrogen and oxygen atoms in total. The Bertz CT molecular complexity index is 921. The van der Waals surface area contributed by atoms with E-state index in [9.17, 15) is 4.79 Å². The standard InChI is InChI=1S/C21H18N4O/c26-19(20-22-11-13-24(20)15-17-7-3-1-4-8-17)21-23-12-14-25(21)16-18-9-5-2-6-10-18/h1-14H,15-16H2. The molecule has 0 unspecified atom stereocenters. The van der Waals surface area contributed by atoms with Gasteiger partial charge in [0.15, 0.2) is 11.6 Å². The van der Waals surface area contributed by atoms with E-state index in [0.29, 0.717) is 24.7 Å². The summed E-state index contributed by atoms with van der Waals surface area (Å²) in [7, 11) is 0. The van der Waals surface area contributed by atoms with Crippen LogP contribution in [0, 0.1) is 0 Å². The number of nitrogens with zero attached hydrogens (tertiary/aromatic N) is 4. The summed E-state index contributed by atoms with van der Waals surface area (Å²) >= 11 is 0. The summed E-state index contributed by atoms with van der Waals surface area (Å²) in [6.07, 6.45) is 6.96. The maximum Gasteiger partial charge on any atom is 0.263 e. The molecule has 0 amide bonds. The second-order valence-electron chi connectivity index (χ2n) is 6.06. The van der Waals surface area contributed by atoms with Crippen LogP contribution in [0.4, 0.5) is 0 Å². The van der Waals surface area contributed by atoms with Crippen LogP contribution in [0.2, 0.25) is 0 Å². The van der Waals surface area contributed by atoms with Crippen molar-refractivity contribution >= 4 is 5.78 Å². The Labute approximate surface area is 151 Å². The molecule has 2 aromatic carbocycles. The number of benzene rings is 2. The van der Waals surface area contributed by atoms with Gasteiger partial charge in [-0.1, -0.05) is 60.7 Å². The summed E-state index contributed by atoms with van der Waals surface area (Å²) < 4.78 is 3.72.